The zero-order valence-corrected chi connectivity index (χ0v) is 16.1. The van der Waals surface area contributed by atoms with Gasteiger partial charge in [-0.15, -0.1) is 5.11 Å². The molecule has 3 rings (SSSR count). The first-order valence-electron chi connectivity index (χ1n) is 8.04. The number of rotatable bonds is 4. The number of hydrogen-bond acceptors (Lipinski definition) is 7. The molecular formula is C19H16BrN7. The highest BCUT2D eigenvalue weighted by atomic mass is 79.9. The van der Waals surface area contributed by atoms with E-state index in [1.807, 2.05) is 31.2 Å². The Morgan fingerprint density at radius 1 is 1.15 bits per heavy atom. The SMILES string of the molecule is Cc1cccc(CN=Nc2c(N)nc(-c3cccc(C#N)c3)c(Br)c2N)n1. The van der Waals surface area contributed by atoms with Gasteiger partial charge in [-0.2, -0.15) is 10.4 Å². The van der Waals surface area contributed by atoms with Crippen LogP contribution in [0.15, 0.2) is 57.2 Å². The van der Waals surface area contributed by atoms with E-state index in [-0.39, 0.29) is 5.82 Å². The van der Waals surface area contributed by atoms with Gasteiger partial charge in [-0.1, -0.05) is 18.2 Å². The summed E-state index contributed by atoms with van der Waals surface area (Å²) in [6.45, 7) is 2.22. The highest BCUT2D eigenvalue weighted by Gasteiger charge is 2.16. The van der Waals surface area contributed by atoms with Crippen molar-refractivity contribution in [2.45, 2.75) is 13.5 Å². The van der Waals surface area contributed by atoms with Crippen LogP contribution in [0.25, 0.3) is 11.3 Å². The maximum absolute atomic E-state index is 9.08. The van der Waals surface area contributed by atoms with Gasteiger partial charge in [0.1, 0.15) is 6.54 Å². The van der Waals surface area contributed by atoms with E-state index in [0.29, 0.717) is 33.6 Å². The third kappa shape index (κ3) is 4.10. The van der Waals surface area contributed by atoms with Gasteiger partial charge in [0, 0.05) is 11.3 Å². The Kier molecular flexibility index (Phi) is 5.43. The van der Waals surface area contributed by atoms with Gasteiger partial charge in [-0.3, -0.25) is 4.98 Å². The van der Waals surface area contributed by atoms with Gasteiger partial charge < -0.3 is 11.5 Å². The number of benzene rings is 1. The van der Waals surface area contributed by atoms with Crippen molar-refractivity contribution in [2.24, 2.45) is 10.2 Å². The molecule has 0 amide bonds. The van der Waals surface area contributed by atoms with Crippen molar-refractivity contribution in [1.82, 2.24) is 9.97 Å². The van der Waals surface area contributed by atoms with Crippen molar-refractivity contribution in [3.05, 3.63) is 63.9 Å². The van der Waals surface area contributed by atoms with Crippen LogP contribution in [0.1, 0.15) is 17.0 Å². The van der Waals surface area contributed by atoms with Gasteiger partial charge in [-0.05, 0) is 47.1 Å². The van der Waals surface area contributed by atoms with Crippen LogP contribution in [0.3, 0.4) is 0 Å². The molecule has 3 aromatic rings. The van der Waals surface area contributed by atoms with Gasteiger partial charge in [0.05, 0.1) is 33.2 Å². The maximum Gasteiger partial charge on any atom is 0.154 e. The Balaban J connectivity index is 1.93. The normalized spacial score (nSPS) is 10.9. The third-order valence-electron chi connectivity index (χ3n) is 3.79. The Morgan fingerprint density at radius 3 is 2.67 bits per heavy atom. The third-order valence-corrected chi connectivity index (χ3v) is 4.59. The zero-order valence-electron chi connectivity index (χ0n) is 14.5. The fourth-order valence-corrected chi connectivity index (χ4v) is 3.00. The maximum atomic E-state index is 9.08. The molecule has 0 saturated heterocycles. The van der Waals surface area contributed by atoms with Crippen LogP contribution in [-0.2, 0) is 6.54 Å². The second-order valence-electron chi connectivity index (χ2n) is 5.78. The number of anilines is 2. The van der Waals surface area contributed by atoms with Gasteiger partial charge in [-0.25, -0.2) is 4.98 Å². The van der Waals surface area contributed by atoms with Crippen molar-refractivity contribution in [1.29, 1.82) is 5.26 Å². The lowest BCUT2D eigenvalue weighted by atomic mass is 10.1. The molecule has 2 heterocycles. The van der Waals surface area contributed by atoms with E-state index in [0.717, 1.165) is 17.0 Å². The van der Waals surface area contributed by atoms with Crippen molar-refractivity contribution < 1.29 is 0 Å². The number of azo groups is 1. The van der Waals surface area contributed by atoms with Crippen LogP contribution < -0.4 is 11.5 Å². The minimum atomic E-state index is 0.161. The Morgan fingerprint density at radius 2 is 1.93 bits per heavy atom. The van der Waals surface area contributed by atoms with E-state index in [2.05, 4.69) is 42.2 Å². The minimum Gasteiger partial charge on any atom is -0.396 e. The van der Waals surface area contributed by atoms with Crippen LogP contribution in [0.2, 0.25) is 0 Å². The summed E-state index contributed by atoms with van der Waals surface area (Å²) in [5, 5.41) is 17.4. The average Bonchev–Trinajstić information content (AvgIpc) is 2.67. The minimum absolute atomic E-state index is 0.161. The van der Waals surface area contributed by atoms with Gasteiger partial charge >= 0.3 is 0 Å². The van der Waals surface area contributed by atoms with Crippen LogP contribution in [-0.4, -0.2) is 9.97 Å². The van der Waals surface area contributed by atoms with E-state index in [4.69, 9.17) is 16.7 Å². The molecule has 0 spiro atoms. The number of nitriles is 1. The molecule has 2 aromatic heterocycles. The molecule has 0 aliphatic heterocycles. The highest BCUT2D eigenvalue weighted by Crippen LogP contribution is 2.40. The zero-order chi connectivity index (χ0) is 19.4. The first-order chi connectivity index (χ1) is 13.0. The lowest BCUT2D eigenvalue weighted by Gasteiger charge is -2.11. The van der Waals surface area contributed by atoms with Crippen molar-refractivity contribution in [2.75, 3.05) is 11.5 Å². The largest absolute Gasteiger partial charge is 0.396 e. The summed E-state index contributed by atoms with van der Waals surface area (Å²) in [4.78, 5) is 8.76. The van der Waals surface area contributed by atoms with Gasteiger partial charge in [0.15, 0.2) is 11.5 Å². The number of aromatic nitrogens is 2. The Hall–Kier alpha value is -3.31. The number of nitrogens with zero attached hydrogens (tertiary/aromatic N) is 5. The molecule has 0 bridgehead atoms. The molecule has 8 heteroatoms. The molecule has 4 N–H and O–H groups in total. The molecule has 7 nitrogen and oxygen atoms in total. The summed E-state index contributed by atoms with van der Waals surface area (Å²) < 4.78 is 0.550. The summed E-state index contributed by atoms with van der Waals surface area (Å²) in [5.74, 6) is 0.161. The summed E-state index contributed by atoms with van der Waals surface area (Å²) in [7, 11) is 0. The number of nitrogens with two attached hydrogens (primary N) is 2. The summed E-state index contributed by atoms with van der Waals surface area (Å²) in [6, 6.07) is 14.8. The van der Waals surface area contributed by atoms with E-state index >= 15 is 0 Å². The molecule has 1 aromatic carbocycles. The van der Waals surface area contributed by atoms with E-state index < -0.39 is 0 Å². The predicted molar refractivity (Wildman–Crippen MR) is 108 cm³/mol. The van der Waals surface area contributed by atoms with Crippen LogP contribution in [0, 0.1) is 18.3 Å². The second kappa shape index (κ2) is 7.93. The van der Waals surface area contributed by atoms with Crippen molar-refractivity contribution in [3.63, 3.8) is 0 Å². The number of halogens is 1. The molecule has 0 aliphatic carbocycles. The molecule has 27 heavy (non-hydrogen) atoms. The molecule has 134 valence electrons. The average molecular weight is 422 g/mol. The molecule has 0 radical (unpaired) electrons. The Bertz CT molecular complexity index is 1070. The topological polar surface area (TPSA) is 126 Å². The summed E-state index contributed by atoms with van der Waals surface area (Å²) >= 11 is 3.45. The fourth-order valence-electron chi connectivity index (χ4n) is 2.49. The lowest BCUT2D eigenvalue weighted by Crippen LogP contribution is -2.00. The summed E-state index contributed by atoms with van der Waals surface area (Å²) in [6.07, 6.45) is 0. The fraction of sp³-hybridized carbons (Fsp3) is 0.105. The first kappa shape index (κ1) is 18.5. The predicted octanol–water partition coefficient (Wildman–Crippen LogP) is 4.53. The molecule has 0 aliphatic rings. The molecule has 0 saturated carbocycles. The smallest absolute Gasteiger partial charge is 0.154 e. The van der Waals surface area contributed by atoms with E-state index in [1.54, 1.807) is 18.2 Å². The monoisotopic (exact) mass is 421 g/mol. The standard InChI is InChI=1S/C19H16BrN7/c1-11-4-2-7-14(25-11)10-24-27-18-16(22)15(20)17(26-19(18)23)13-6-3-5-12(8-13)9-21/h2-8H,10H2,1H3,(H4,22,23,26). The first-order valence-corrected chi connectivity index (χ1v) is 8.84. The summed E-state index contributed by atoms with van der Waals surface area (Å²) in [5.41, 5.74) is 16.4. The number of hydrogen-bond donors (Lipinski definition) is 2. The van der Waals surface area contributed by atoms with Gasteiger partial charge in [0.2, 0.25) is 0 Å². The second-order valence-corrected chi connectivity index (χ2v) is 6.58. The van der Waals surface area contributed by atoms with Gasteiger partial charge in [0.25, 0.3) is 0 Å². The highest BCUT2D eigenvalue weighted by molar-refractivity contribution is 9.10. The van der Waals surface area contributed by atoms with Crippen molar-refractivity contribution >= 4 is 33.1 Å². The quantitative estimate of drug-likeness (QED) is 0.597. The van der Waals surface area contributed by atoms with Crippen molar-refractivity contribution in [3.8, 4) is 17.3 Å². The molecular weight excluding hydrogens is 406 g/mol. The number of nitrogen functional groups attached to an aromatic ring is 2. The number of aryl methyl sites for hydroxylation is 1. The van der Waals surface area contributed by atoms with E-state index in [9.17, 15) is 0 Å². The van der Waals surface area contributed by atoms with Crippen LogP contribution in [0.4, 0.5) is 17.2 Å². The molecule has 0 atom stereocenters. The van der Waals surface area contributed by atoms with Crippen LogP contribution >= 0.6 is 15.9 Å². The molecule has 0 unspecified atom stereocenters. The number of pyridine rings is 2. The lowest BCUT2D eigenvalue weighted by molar-refractivity contribution is 0.904. The van der Waals surface area contributed by atoms with E-state index in [1.165, 1.54) is 0 Å². The molecule has 0 fully saturated rings. The van der Waals surface area contributed by atoms with Crippen LogP contribution in [0.5, 0.6) is 0 Å². The Labute approximate surface area is 164 Å².